The maximum atomic E-state index is 11.7. The van der Waals surface area contributed by atoms with E-state index in [4.69, 9.17) is 19.8 Å². The molecule has 1 amide bonds. The summed E-state index contributed by atoms with van der Waals surface area (Å²) >= 11 is 0. The van der Waals surface area contributed by atoms with Crippen LogP contribution in [0.4, 0.5) is 5.95 Å². The van der Waals surface area contributed by atoms with Crippen molar-refractivity contribution < 1.29 is 14.6 Å². The predicted octanol–water partition coefficient (Wildman–Crippen LogP) is 2.01. The van der Waals surface area contributed by atoms with Crippen molar-refractivity contribution in [2.24, 2.45) is 0 Å². The van der Waals surface area contributed by atoms with Crippen molar-refractivity contribution in [3.05, 3.63) is 36.0 Å². The van der Waals surface area contributed by atoms with Crippen LogP contribution in [0.15, 0.2) is 30.5 Å². The van der Waals surface area contributed by atoms with Crippen molar-refractivity contribution in [3.8, 4) is 11.3 Å². The van der Waals surface area contributed by atoms with Crippen LogP contribution in [0.5, 0.6) is 0 Å². The van der Waals surface area contributed by atoms with E-state index in [0.717, 1.165) is 66.9 Å². The Hall–Kier alpha value is -3.04. The lowest BCUT2D eigenvalue weighted by molar-refractivity contribution is -0.130. The Balaban J connectivity index is 1.59. The first-order chi connectivity index (χ1) is 15.6. The third-order valence-electron chi connectivity index (χ3n) is 6.37. The molecule has 2 saturated heterocycles. The molecule has 0 atom stereocenters. The van der Waals surface area contributed by atoms with Gasteiger partial charge >= 0.3 is 0 Å². The zero-order valence-electron chi connectivity index (χ0n) is 18.3. The monoisotopic (exact) mass is 436 g/mol. The van der Waals surface area contributed by atoms with E-state index < -0.39 is 0 Å². The first-order valence-electron chi connectivity index (χ1n) is 11.2. The summed E-state index contributed by atoms with van der Waals surface area (Å²) in [5.74, 6) is 0.796. The second-order valence-corrected chi connectivity index (χ2v) is 8.39. The van der Waals surface area contributed by atoms with E-state index >= 15 is 0 Å². The lowest BCUT2D eigenvalue weighted by Gasteiger charge is -2.31. The number of aliphatic hydroxyl groups is 1. The van der Waals surface area contributed by atoms with Crippen LogP contribution in [0.25, 0.3) is 22.3 Å². The van der Waals surface area contributed by atoms with Gasteiger partial charge in [0.25, 0.3) is 0 Å². The molecule has 1 N–H and O–H groups in total. The molecule has 32 heavy (non-hydrogen) atoms. The molecule has 3 aromatic rings. The van der Waals surface area contributed by atoms with Gasteiger partial charge in [-0.3, -0.25) is 4.79 Å². The normalized spacial score (nSPS) is 17.8. The van der Waals surface area contributed by atoms with Gasteiger partial charge in [0.05, 0.1) is 43.1 Å². The first kappa shape index (κ1) is 20.8. The summed E-state index contributed by atoms with van der Waals surface area (Å²) in [5, 5.41) is 15.2. The molecular formula is C23H28N6O3. The van der Waals surface area contributed by atoms with Crippen molar-refractivity contribution in [2.45, 2.75) is 32.4 Å². The summed E-state index contributed by atoms with van der Waals surface area (Å²) < 4.78 is 7.52. The summed E-state index contributed by atoms with van der Waals surface area (Å²) in [7, 11) is 0. The number of benzene rings is 1. The molecule has 0 saturated carbocycles. The van der Waals surface area contributed by atoms with Crippen LogP contribution in [0.2, 0.25) is 0 Å². The van der Waals surface area contributed by atoms with Crippen LogP contribution in [0.3, 0.4) is 0 Å². The highest BCUT2D eigenvalue weighted by atomic mass is 16.5. The molecule has 0 bridgehead atoms. The molecule has 2 aromatic heterocycles. The van der Waals surface area contributed by atoms with E-state index in [9.17, 15) is 9.90 Å². The van der Waals surface area contributed by atoms with Crippen molar-refractivity contribution in [1.29, 1.82) is 0 Å². The summed E-state index contributed by atoms with van der Waals surface area (Å²) in [5.41, 5.74) is 3.40. The van der Waals surface area contributed by atoms with E-state index in [-0.39, 0.29) is 18.6 Å². The number of piperidine rings is 1. The lowest BCUT2D eigenvalue weighted by atomic mass is 10.0. The molecule has 4 heterocycles. The number of aliphatic hydroxyl groups excluding tert-OH is 1. The van der Waals surface area contributed by atoms with E-state index in [0.29, 0.717) is 19.2 Å². The van der Waals surface area contributed by atoms with Crippen LogP contribution >= 0.6 is 0 Å². The molecule has 5 rings (SSSR count). The number of rotatable bonds is 4. The number of nitrogens with zero attached hydrogens (tertiary/aromatic N) is 6. The quantitative estimate of drug-likeness (QED) is 0.668. The van der Waals surface area contributed by atoms with Gasteiger partial charge < -0.3 is 19.6 Å². The minimum absolute atomic E-state index is 0.0215. The van der Waals surface area contributed by atoms with Gasteiger partial charge in [0.2, 0.25) is 11.9 Å². The van der Waals surface area contributed by atoms with E-state index in [1.807, 2.05) is 40.0 Å². The molecule has 0 aliphatic carbocycles. The number of morpholine rings is 1. The summed E-state index contributed by atoms with van der Waals surface area (Å²) in [6, 6.07) is 8.00. The third kappa shape index (κ3) is 3.93. The summed E-state index contributed by atoms with van der Waals surface area (Å²) in [4.78, 5) is 25.7. The Morgan fingerprint density at radius 2 is 1.94 bits per heavy atom. The molecule has 2 aliphatic heterocycles. The summed E-state index contributed by atoms with van der Waals surface area (Å²) in [6.45, 7) is 5.85. The fraction of sp³-hybridized carbons (Fsp3) is 0.478. The zero-order chi connectivity index (χ0) is 22.1. The Kier molecular flexibility index (Phi) is 5.75. The maximum Gasteiger partial charge on any atom is 0.228 e. The van der Waals surface area contributed by atoms with E-state index in [1.165, 1.54) is 0 Å². The molecule has 2 aliphatic rings. The highest BCUT2D eigenvalue weighted by molar-refractivity contribution is 5.91. The topological polar surface area (TPSA) is 96.6 Å². The molecule has 0 radical (unpaired) electrons. The Morgan fingerprint density at radius 3 is 2.66 bits per heavy atom. The fourth-order valence-corrected chi connectivity index (χ4v) is 4.55. The predicted molar refractivity (Wildman–Crippen MR) is 120 cm³/mol. The number of ether oxygens (including phenoxy) is 1. The first-order valence-corrected chi connectivity index (χ1v) is 11.2. The standard InChI is InChI=1S/C23H28N6O3/c1-16(31)27-7-5-19(6-8-27)29-22-20(14-24-29)21(18-4-2-3-17(13-18)15-30)25-23(26-22)28-9-11-32-12-10-28/h2-4,13-14,19,30H,5-12,15H2,1H3. The van der Waals surface area contributed by atoms with Crippen LogP contribution in [-0.4, -0.2) is 75.1 Å². The van der Waals surface area contributed by atoms with Gasteiger partial charge in [-0.2, -0.15) is 10.1 Å². The van der Waals surface area contributed by atoms with Gasteiger partial charge in [-0.25, -0.2) is 9.67 Å². The number of carbonyl (C=O) groups excluding carboxylic acids is 1. The molecule has 1 aromatic carbocycles. The molecule has 0 spiro atoms. The van der Waals surface area contributed by atoms with Crippen LogP contribution in [-0.2, 0) is 16.1 Å². The minimum atomic E-state index is -0.0215. The molecule has 9 nitrogen and oxygen atoms in total. The Bertz CT molecular complexity index is 1120. The van der Waals surface area contributed by atoms with Gasteiger partial charge in [0.15, 0.2) is 5.65 Å². The summed E-state index contributed by atoms with van der Waals surface area (Å²) in [6.07, 6.45) is 3.54. The lowest BCUT2D eigenvalue weighted by Crippen LogP contribution is -2.38. The molecular weight excluding hydrogens is 408 g/mol. The number of likely N-dealkylation sites (tertiary alicyclic amines) is 1. The van der Waals surface area contributed by atoms with Gasteiger partial charge in [0.1, 0.15) is 0 Å². The van der Waals surface area contributed by atoms with E-state index in [1.54, 1.807) is 6.92 Å². The highest BCUT2D eigenvalue weighted by Gasteiger charge is 2.26. The van der Waals surface area contributed by atoms with Gasteiger partial charge in [-0.1, -0.05) is 18.2 Å². The Morgan fingerprint density at radius 1 is 1.16 bits per heavy atom. The van der Waals surface area contributed by atoms with Gasteiger partial charge in [-0.05, 0) is 24.5 Å². The van der Waals surface area contributed by atoms with Crippen molar-refractivity contribution in [2.75, 3.05) is 44.3 Å². The largest absolute Gasteiger partial charge is 0.392 e. The SMILES string of the molecule is CC(=O)N1CCC(n2ncc3c(-c4cccc(CO)c4)nc(N4CCOCC4)nc32)CC1. The number of carbonyl (C=O) groups is 1. The molecule has 168 valence electrons. The average molecular weight is 437 g/mol. The zero-order valence-corrected chi connectivity index (χ0v) is 18.3. The third-order valence-corrected chi connectivity index (χ3v) is 6.37. The van der Waals surface area contributed by atoms with E-state index in [2.05, 4.69) is 4.90 Å². The van der Waals surface area contributed by atoms with Crippen LogP contribution < -0.4 is 4.90 Å². The number of hydrogen-bond donors (Lipinski definition) is 1. The second kappa shape index (κ2) is 8.84. The number of anilines is 1. The van der Waals surface area contributed by atoms with Crippen molar-refractivity contribution in [3.63, 3.8) is 0 Å². The number of amides is 1. The Labute approximate surface area is 186 Å². The van der Waals surface area contributed by atoms with Crippen molar-refractivity contribution in [1.82, 2.24) is 24.6 Å². The average Bonchev–Trinajstić information content (AvgIpc) is 3.28. The van der Waals surface area contributed by atoms with Crippen LogP contribution in [0.1, 0.15) is 31.4 Å². The van der Waals surface area contributed by atoms with Crippen molar-refractivity contribution >= 4 is 22.9 Å². The number of fused-ring (bicyclic) bond motifs is 1. The molecule has 0 unspecified atom stereocenters. The van der Waals surface area contributed by atoms with Gasteiger partial charge in [-0.15, -0.1) is 0 Å². The highest BCUT2D eigenvalue weighted by Crippen LogP contribution is 2.32. The second-order valence-electron chi connectivity index (χ2n) is 8.39. The fourth-order valence-electron chi connectivity index (χ4n) is 4.55. The molecule has 9 heteroatoms. The van der Waals surface area contributed by atoms with Gasteiger partial charge in [0, 0.05) is 38.7 Å². The number of hydrogen-bond acceptors (Lipinski definition) is 7. The maximum absolute atomic E-state index is 11.7. The smallest absolute Gasteiger partial charge is 0.228 e. The minimum Gasteiger partial charge on any atom is -0.392 e. The van der Waals surface area contributed by atoms with Crippen LogP contribution in [0, 0.1) is 0 Å². The number of aromatic nitrogens is 4. The molecule has 2 fully saturated rings.